The van der Waals surface area contributed by atoms with Crippen LogP contribution in [-0.4, -0.2) is 37.9 Å². The molecule has 0 fully saturated rings. The molecule has 0 amide bonds. The van der Waals surface area contributed by atoms with Crippen LogP contribution in [-0.2, 0) is 23.8 Å². The molecule has 5 nitrogen and oxygen atoms in total. The minimum absolute atomic E-state index is 0.0416. The summed E-state index contributed by atoms with van der Waals surface area (Å²) in [5, 5.41) is 0. The van der Waals surface area contributed by atoms with Crippen molar-refractivity contribution in [3.8, 4) is 0 Å². The molecule has 1 unspecified atom stereocenters. The number of carbonyl (C=O) groups is 2. The van der Waals surface area contributed by atoms with Crippen molar-refractivity contribution in [1.29, 1.82) is 0 Å². The van der Waals surface area contributed by atoms with E-state index in [0.717, 1.165) is 135 Å². The van der Waals surface area contributed by atoms with Crippen molar-refractivity contribution in [3.05, 3.63) is 146 Å². The summed E-state index contributed by atoms with van der Waals surface area (Å²) in [5.74, 6) is -0.461. The van der Waals surface area contributed by atoms with Crippen LogP contribution in [0.25, 0.3) is 0 Å². The van der Waals surface area contributed by atoms with Crippen LogP contribution in [0, 0.1) is 0 Å². The molecule has 0 bridgehead atoms. The molecule has 406 valence electrons. The Bertz CT molecular complexity index is 1540. The maximum Gasteiger partial charge on any atom is 0.306 e. The lowest BCUT2D eigenvalue weighted by molar-refractivity contribution is -0.163. The molecule has 0 spiro atoms. The van der Waals surface area contributed by atoms with Gasteiger partial charge in [-0.05, 0) is 135 Å². The standard InChI is InChI=1S/C67H108O5/c1-4-7-10-13-16-19-22-25-28-31-33-35-38-41-44-47-50-53-56-59-62-70-63-65(72-67(69)61-58-55-52-49-46-43-40-36-30-27-24-21-18-15-12-9-6-3)64-71-66(68)60-57-54-51-48-45-42-39-37-34-32-29-26-23-20-17-14-11-8-5-2/h7-8,10-11,16-21,25-30,33-35,37,41,44,50,53,65H,4-6,9,12-15,22-24,31-32,36,38-40,42-43,45-49,51-52,54-64H2,1-3H3/b10-7-,11-8-,19-16-,20-17-,21-18-,28-25-,29-26-,30-27-,35-33-,37-34-,44-41-,53-50-. The van der Waals surface area contributed by atoms with E-state index >= 15 is 0 Å². The summed E-state index contributed by atoms with van der Waals surface area (Å²) in [6, 6.07) is 0. The van der Waals surface area contributed by atoms with E-state index in [1.54, 1.807) is 0 Å². The summed E-state index contributed by atoms with van der Waals surface area (Å²) in [5.41, 5.74) is 0. The molecule has 0 aromatic rings. The third kappa shape index (κ3) is 58.4. The molecule has 0 aromatic heterocycles. The zero-order chi connectivity index (χ0) is 52.0. The number of allylic oxidation sites excluding steroid dienone is 24. The Morgan fingerprint density at radius 1 is 0.319 bits per heavy atom. The average Bonchev–Trinajstić information content (AvgIpc) is 3.38. The number of esters is 2. The van der Waals surface area contributed by atoms with E-state index in [1.165, 1.54) is 70.6 Å². The molecule has 0 radical (unpaired) electrons. The second kappa shape index (κ2) is 61.1. The quantitative estimate of drug-likeness (QED) is 0.0345. The van der Waals surface area contributed by atoms with Crippen molar-refractivity contribution in [2.45, 2.75) is 245 Å². The first-order chi connectivity index (χ1) is 35.6. The number of carbonyl (C=O) groups excluding carboxylic acids is 2. The Balaban J connectivity index is 4.46. The van der Waals surface area contributed by atoms with Crippen LogP contribution in [0.1, 0.15) is 239 Å². The molecule has 0 aliphatic carbocycles. The summed E-state index contributed by atoms with van der Waals surface area (Å²) in [6.45, 7) is 7.40. The van der Waals surface area contributed by atoms with E-state index in [2.05, 4.69) is 167 Å². The molecule has 0 aromatic carbocycles. The smallest absolute Gasteiger partial charge is 0.306 e. The Hall–Kier alpha value is -4.22. The fourth-order valence-electron chi connectivity index (χ4n) is 7.55. The summed E-state index contributed by atoms with van der Waals surface area (Å²) in [4.78, 5) is 25.6. The second-order valence-corrected chi connectivity index (χ2v) is 18.8. The first-order valence-corrected chi connectivity index (χ1v) is 29.4. The monoisotopic (exact) mass is 993 g/mol. The van der Waals surface area contributed by atoms with E-state index in [0.29, 0.717) is 19.4 Å². The summed E-state index contributed by atoms with van der Waals surface area (Å²) >= 11 is 0. The van der Waals surface area contributed by atoms with Gasteiger partial charge in [-0.1, -0.05) is 237 Å². The number of unbranched alkanes of at least 4 members (excludes halogenated alkanes) is 17. The van der Waals surface area contributed by atoms with Gasteiger partial charge in [0.1, 0.15) is 6.61 Å². The zero-order valence-electron chi connectivity index (χ0n) is 46.6. The van der Waals surface area contributed by atoms with Gasteiger partial charge in [0, 0.05) is 19.4 Å². The van der Waals surface area contributed by atoms with Crippen molar-refractivity contribution in [2.24, 2.45) is 0 Å². The Morgan fingerprint density at radius 2 is 0.625 bits per heavy atom. The third-order valence-electron chi connectivity index (χ3n) is 11.8. The van der Waals surface area contributed by atoms with Gasteiger partial charge >= 0.3 is 11.9 Å². The Morgan fingerprint density at radius 3 is 1.00 bits per heavy atom. The number of hydrogen-bond acceptors (Lipinski definition) is 5. The fraction of sp³-hybridized carbons (Fsp3) is 0.612. The highest BCUT2D eigenvalue weighted by molar-refractivity contribution is 5.70. The predicted molar refractivity (Wildman–Crippen MR) is 315 cm³/mol. The molecule has 0 heterocycles. The lowest BCUT2D eigenvalue weighted by Gasteiger charge is -2.18. The highest BCUT2D eigenvalue weighted by Gasteiger charge is 2.17. The first-order valence-electron chi connectivity index (χ1n) is 29.4. The molecular formula is C67H108O5. The molecule has 0 saturated heterocycles. The number of ether oxygens (including phenoxy) is 3. The van der Waals surface area contributed by atoms with E-state index in [4.69, 9.17) is 14.2 Å². The number of hydrogen-bond donors (Lipinski definition) is 0. The van der Waals surface area contributed by atoms with Crippen molar-refractivity contribution in [2.75, 3.05) is 19.8 Å². The van der Waals surface area contributed by atoms with Gasteiger partial charge in [0.25, 0.3) is 0 Å². The van der Waals surface area contributed by atoms with Gasteiger partial charge in [0.15, 0.2) is 6.10 Å². The van der Waals surface area contributed by atoms with Crippen molar-refractivity contribution < 1.29 is 23.8 Å². The largest absolute Gasteiger partial charge is 0.462 e. The summed E-state index contributed by atoms with van der Waals surface area (Å²) in [7, 11) is 0. The predicted octanol–water partition coefficient (Wildman–Crippen LogP) is 20.5. The normalized spacial score (nSPS) is 13.3. The first kappa shape index (κ1) is 67.8. The van der Waals surface area contributed by atoms with E-state index in [9.17, 15) is 9.59 Å². The summed E-state index contributed by atoms with van der Waals surface area (Å²) in [6.07, 6.45) is 88.8. The fourth-order valence-corrected chi connectivity index (χ4v) is 7.55. The van der Waals surface area contributed by atoms with Crippen molar-refractivity contribution in [1.82, 2.24) is 0 Å². The van der Waals surface area contributed by atoms with Crippen LogP contribution in [0.4, 0.5) is 0 Å². The second-order valence-electron chi connectivity index (χ2n) is 18.8. The van der Waals surface area contributed by atoms with E-state index < -0.39 is 6.10 Å². The zero-order valence-corrected chi connectivity index (χ0v) is 46.6. The van der Waals surface area contributed by atoms with Crippen LogP contribution >= 0.6 is 0 Å². The number of rotatable bonds is 52. The summed E-state index contributed by atoms with van der Waals surface area (Å²) < 4.78 is 17.4. The molecule has 0 saturated carbocycles. The lowest BCUT2D eigenvalue weighted by atomic mass is 10.1. The van der Waals surface area contributed by atoms with E-state index in [-0.39, 0.29) is 25.2 Å². The highest BCUT2D eigenvalue weighted by atomic mass is 16.6. The van der Waals surface area contributed by atoms with Gasteiger partial charge in [-0.25, -0.2) is 0 Å². The van der Waals surface area contributed by atoms with Gasteiger partial charge in [-0.2, -0.15) is 0 Å². The minimum Gasteiger partial charge on any atom is -0.462 e. The Labute approximate surface area is 444 Å². The topological polar surface area (TPSA) is 61.8 Å². The van der Waals surface area contributed by atoms with Gasteiger partial charge in [0.2, 0.25) is 0 Å². The van der Waals surface area contributed by atoms with Gasteiger partial charge in [-0.3, -0.25) is 9.59 Å². The van der Waals surface area contributed by atoms with Crippen molar-refractivity contribution in [3.63, 3.8) is 0 Å². The van der Waals surface area contributed by atoms with Crippen molar-refractivity contribution >= 4 is 11.9 Å². The maximum atomic E-state index is 12.9. The average molecular weight is 994 g/mol. The van der Waals surface area contributed by atoms with E-state index in [1.807, 2.05) is 0 Å². The SMILES string of the molecule is CC/C=C\C/C=C\C/C=C\C/C=C\C/C=C\C/C=C\CCCOCC(COC(=O)CCCCCCCC/C=C\C/C=C\C/C=C\C/C=C\CC)OC(=O)CCCCCCCCC/C=C\C/C=C\CCCCC. The lowest BCUT2D eigenvalue weighted by Crippen LogP contribution is -2.30. The van der Waals surface area contributed by atoms with Crippen LogP contribution < -0.4 is 0 Å². The molecular weight excluding hydrogens is 885 g/mol. The highest BCUT2D eigenvalue weighted by Crippen LogP contribution is 2.13. The van der Waals surface area contributed by atoms with Gasteiger partial charge in [0.05, 0.1) is 6.61 Å². The van der Waals surface area contributed by atoms with Crippen LogP contribution in [0.5, 0.6) is 0 Å². The van der Waals surface area contributed by atoms with Crippen LogP contribution in [0.15, 0.2) is 146 Å². The molecule has 0 rings (SSSR count). The molecule has 0 aliphatic rings. The molecule has 0 aliphatic heterocycles. The molecule has 5 heteroatoms. The van der Waals surface area contributed by atoms with Gasteiger partial charge in [-0.15, -0.1) is 0 Å². The maximum absolute atomic E-state index is 12.9. The molecule has 1 atom stereocenters. The van der Waals surface area contributed by atoms with Crippen LogP contribution in [0.2, 0.25) is 0 Å². The molecule has 72 heavy (non-hydrogen) atoms. The minimum atomic E-state index is -0.589. The van der Waals surface area contributed by atoms with Crippen LogP contribution in [0.3, 0.4) is 0 Å². The third-order valence-corrected chi connectivity index (χ3v) is 11.8. The molecule has 0 N–H and O–H groups in total. The Kier molecular flexibility index (Phi) is 57.5. The van der Waals surface area contributed by atoms with Gasteiger partial charge < -0.3 is 14.2 Å².